The van der Waals surface area contributed by atoms with Crippen LogP contribution in [0.1, 0.15) is 5.56 Å². The number of nitrogens with two attached hydrogens (primary N) is 1. The fraction of sp³-hybridized carbons (Fsp3) is 0.133. The highest BCUT2D eigenvalue weighted by Gasteiger charge is 2.04. The van der Waals surface area contributed by atoms with Gasteiger partial charge in [-0.25, -0.2) is 0 Å². The molecule has 0 spiro atoms. The van der Waals surface area contributed by atoms with Gasteiger partial charge in [-0.2, -0.15) is 5.26 Å². The summed E-state index contributed by atoms with van der Waals surface area (Å²) in [5.74, 6) is 0. The molecular weight excluding hydrogens is 236 g/mol. The first kappa shape index (κ1) is 12.8. The quantitative estimate of drug-likeness (QED) is 0.824. The molecule has 0 aromatic heterocycles. The molecule has 0 atom stereocenters. The Morgan fingerprint density at radius 2 is 1.95 bits per heavy atom. The predicted molar refractivity (Wildman–Crippen MR) is 79.6 cm³/mol. The second-order valence-electron chi connectivity index (χ2n) is 4.49. The van der Waals surface area contributed by atoms with Crippen LogP contribution in [0.15, 0.2) is 42.5 Å². The maximum atomic E-state index is 9.11. The minimum atomic E-state index is 0.537. The second-order valence-corrected chi connectivity index (χ2v) is 4.49. The van der Waals surface area contributed by atoms with Gasteiger partial charge >= 0.3 is 0 Å². The van der Waals surface area contributed by atoms with Gasteiger partial charge in [-0.15, -0.1) is 0 Å². The van der Waals surface area contributed by atoms with Crippen molar-refractivity contribution in [3.8, 4) is 6.07 Å². The Kier molecular flexibility index (Phi) is 3.58. The molecule has 2 aromatic carbocycles. The average Bonchev–Trinajstić information content (AvgIpc) is 2.41. The summed E-state index contributed by atoms with van der Waals surface area (Å²) < 4.78 is 0. The van der Waals surface area contributed by atoms with Crippen molar-refractivity contribution in [2.45, 2.75) is 0 Å². The molecule has 0 saturated carbocycles. The summed E-state index contributed by atoms with van der Waals surface area (Å²) >= 11 is 0. The van der Waals surface area contributed by atoms with Crippen molar-refractivity contribution in [3.63, 3.8) is 0 Å². The number of nitrogens with one attached hydrogen (secondary N) is 1. The summed E-state index contributed by atoms with van der Waals surface area (Å²) in [6.07, 6.45) is 0. The molecule has 0 amide bonds. The topological polar surface area (TPSA) is 65.1 Å². The van der Waals surface area contributed by atoms with Crippen LogP contribution in [-0.4, -0.2) is 14.1 Å². The Morgan fingerprint density at radius 1 is 1.16 bits per heavy atom. The number of hydrogen-bond acceptors (Lipinski definition) is 4. The molecule has 0 radical (unpaired) electrons. The summed E-state index contributed by atoms with van der Waals surface area (Å²) in [6, 6.07) is 15.4. The van der Waals surface area contributed by atoms with E-state index in [0.29, 0.717) is 11.3 Å². The first-order chi connectivity index (χ1) is 9.10. The normalized spacial score (nSPS) is 9.74. The summed E-state index contributed by atoms with van der Waals surface area (Å²) in [6.45, 7) is 0. The van der Waals surface area contributed by atoms with Crippen LogP contribution in [0.3, 0.4) is 0 Å². The van der Waals surface area contributed by atoms with Crippen LogP contribution >= 0.6 is 0 Å². The van der Waals surface area contributed by atoms with Crippen molar-refractivity contribution in [3.05, 3.63) is 48.0 Å². The predicted octanol–water partition coefficient (Wildman–Crippen LogP) is 2.95. The molecule has 96 valence electrons. The molecule has 0 aliphatic rings. The van der Waals surface area contributed by atoms with Gasteiger partial charge in [0, 0.05) is 31.2 Å². The van der Waals surface area contributed by atoms with E-state index in [1.165, 1.54) is 0 Å². The van der Waals surface area contributed by atoms with Gasteiger partial charge in [0.1, 0.15) is 6.07 Å². The van der Waals surface area contributed by atoms with Crippen LogP contribution in [0.4, 0.5) is 22.7 Å². The number of nitrogen functional groups attached to an aromatic ring is 1. The fourth-order valence-electron chi connectivity index (χ4n) is 1.78. The molecule has 0 fully saturated rings. The molecule has 0 saturated heterocycles. The Bertz CT molecular complexity index is 626. The summed E-state index contributed by atoms with van der Waals surface area (Å²) in [5.41, 5.74) is 9.59. The fourth-order valence-corrected chi connectivity index (χ4v) is 1.78. The number of anilines is 4. The van der Waals surface area contributed by atoms with E-state index in [4.69, 9.17) is 11.0 Å². The molecule has 0 bridgehead atoms. The third-order valence-electron chi connectivity index (χ3n) is 2.81. The van der Waals surface area contributed by atoms with Crippen molar-refractivity contribution in [1.82, 2.24) is 0 Å². The van der Waals surface area contributed by atoms with Gasteiger partial charge in [0.25, 0.3) is 0 Å². The number of hydrogen-bond donors (Lipinski definition) is 2. The van der Waals surface area contributed by atoms with Crippen molar-refractivity contribution >= 4 is 22.7 Å². The van der Waals surface area contributed by atoms with Gasteiger partial charge in [0.15, 0.2) is 0 Å². The van der Waals surface area contributed by atoms with Crippen molar-refractivity contribution in [1.29, 1.82) is 5.26 Å². The third kappa shape index (κ3) is 2.96. The van der Waals surface area contributed by atoms with Crippen LogP contribution in [0.25, 0.3) is 0 Å². The van der Waals surface area contributed by atoms with Crippen LogP contribution in [0.2, 0.25) is 0 Å². The highest BCUT2D eigenvalue weighted by molar-refractivity contribution is 5.71. The molecule has 2 rings (SSSR count). The minimum Gasteiger partial charge on any atom is -0.399 e. The van der Waals surface area contributed by atoms with E-state index in [2.05, 4.69) is 11.4 Å². The molecule has 0 heterocycles. The van der Waals surface area contributed by atoms with E-state index in [1.807, 2.05) is 49.3 Å². The summed E-state index contributed by atoms with van der Waals surface area (Å²) in [5, 5.41) is 12.4. The standard InChI is InChI=1S/C15H16N4/c1-19(2)14-5-3-4-13(9-14)18-15-7-6-12(17)8-11(15)10-16/h3-9,18H,17H2,1-2H3. The second kappa shape index (κ2) is 5.32. The molecule has 4 nitrogen and oxygen atoms in total. The van der Waals surface area contributed by atoms with E-state index in [1.54, 1.807) is 12.1 Å². The number of nitrogens with zero attached hydrogens (tertiary/aromatic N) is 2. The van der Waals surface area contributed by atoms with E-state index in [0.717, 1.165) is 17.1 Å². The highest BCUT2D eigenvalue weighted by atomic mass is 15.1. The number of nitriles is 1. The monoisotopic (exact) mass is 252 g/mol. The lowest BCUT2D eigenvalue weighted by atomic mass is 10.1. The van der Waals surface area contributed by atoms with E-state index in [9.17, 15) is 0 Å². The first-order valence-electron chi connectivity index (χ1n) is 5.94. The SMILES string of the molecule is CN(C)c1cccc(Nc2ccc(N)cc2C#N)c1. The van der Waals surface area contributed by atoms with Crippen molar-refractivity contribution in [2.75, 3.05) is 30.0 Å². The molecular formula is C15H16N4. The molecule has 19 heavy (non-hydrogen) atoms. The van der Waals surface area contributed by atoms with Gasteiger partial charge in [0.2, 0.25) is 0 Å². The van der Waals surface area contributed by atoms with Gasteiger partial charge < -0.3 is 16.0 Å². The van der Waals surface area contributed by atoms with E-state index < -0.39 is 0 Å². The van der Waals surface area contributed by atoms with Crippen LogP contribution < -0.4 is 16.0 Å². The zero-order valence-corrected chi connectivity index (χ0v) is 11.0. The van der Waals surface area contributed by atoms with Crippen molar-refractivity contribution in [2.24, 2.45) is 0 Å². The van der Waals surface area contributed by atoms with Crippen LogP contribution in [-0.2, 0) is 0 Å². The third-order valence-corrected chi connectivity index (χ3v) is 2.81. The smallest absolute Gasteiger partial charge is 0.101 e. The maximum Gasteiger partial charge on any atom is 0.101 e. The summed E-state index contributed by atoms with van der Waals surface area (Å²) in [7, 11) is 3.98. The Labute approximate surface area is 113 Å². The zero-order valence-electron chi connectivity index (χ0n) is 11.0. The largest absolute Gasteiger partial charge is 0.399 e. The molecule has 0 unspecified atom stereocenters. The molecule has 3 N–H and O–H groups in total. The van der Waals surface area contributed by atoms with Gasteiger partial charge in [-0.3, -0.25) is 0 Å². The van der Waals surface area contributed by atoms with Crippen molar-refractivity contribution < 1.29 is 0 Å². The average molecular weight is 252 g/mol. The van der Waals surface area contributed by atoms with E-state index in [-0.39, 0.29) is 0 Å². The highest BCUT2D eigenvalue weighted by Crippen LogP contribution is 2.25. The van der Waals surface area contributed by atoms with Gasteiger partial charge in [-0.05, 0) is 36.4 Å². The number of rotatable bonds is 3. The van der Waals surface area contributed by atoms with Crippen LogP contribution in [0.5, 0.6) is 0 Å². The van der Waals surface area contributed by atoms with Gasteiger partial charge in [0.05, 0.1) is 11.3 Å². The van der Waals surface area contributed by atoms with E-state index >= 15 is 0 Å². The molecule has 0 aliphatic heterocycles. The lowest BCUT2D eigenvalue weighted by Crippen LogP contribution is -2.08. The Morgan fingerprint density at radius 3 is 2.63 bits per heavy atom. The molecule has 4 heteroatoms. The zero-order chi connectivity index (χ0) is 13.8. The summed E-state index contributed by atoms with van der Waals surface area (Å²) in [4.78, 5) is 2.03. The lowest BCUT2D eigenvalue weighted by molar-refractivity contribution is 1.13. The molecule has 0 aliphatic carbocycles. The maximum absolute atomic E-state index is 9.11. The Balaban J connectivity index is 2.31. The van der Waals surface area contributed by atoms with Crippen LogP contribution in [0, 0.1) is 11.3 Å². The Hall–Kier alpha value is -2.67. The lowest BCUT2D eigenvalue weighted by Gasteiger charge is -2.15. The number of benzene rings is 2. The van der Waals surface area contributed by atoms with Gasteiger partial charge in [-0.1, -0.05) is 6.07 Å². The minimum absolute atomic E-state index is 0.537. The first-order valence-corrected chi connectivity index (χ1v) is 5.94. The molecule has 2 aromatic rings.